The molecule has 0 aliphatic carbocycles. The minimum atomic E-state index is 0. The van der Waals surface area contributed by atoms with E-state index < -0.39 is 0 Å². The van der Waals surface area contributed by atoms with Gasteiger partial charge in [-0.15, -0.1) is 0 Å². The Kier molecular flexibility index (Phi) is 10.4. The van der Waals surface area contributed by atoms with Gasteiger partial charge in [0, 0.05) is 0 Å². The molecule has 0 aliphatic heterocycles. The molecule has 0 radical (unpaired) electrons. The average molecular weight is 244 g/mol. The summed E-state index contributed by atoms with van der Waals surface area (Å²) in [5.41, 5.74) is 1.32. The van der Waals surface area contributed by atoms with Crippen LogP contribution in [0, 0.1) is 6.92 Å². The van der Waals surface area contributed by atoms with Crippen LogP contribution in [0.15, 0.2) is 30.3 Å². The van der Waals surface area contributed by atoms with Crippen molar-refractivity contribution >= 4 is 0 Å². The van der Waals surface area contributed by atoms with Crippen LogP contribution in [0.1, 0.15) is 5.56 Å². The van der Waals surface area contributed by atoms with E-state index in [1.54, 1.807) is 0 Å². The normalized spacial score (nSPS) is 6.78. The second kappa shape index (κ2) is 7.31. The fourth-order valence-corrected chi connectivity index (χ4v) is 0.534. The number of halogens is 1. The van der Waals surface area contributed by atoms with Gasteiger partial charge in [0.15, 0.2) is 0 Å². The van der Waals surface area contributed by atoms with Crippen LogP contribution >= 0.6 is 0 Å². The second-order valence-electron chi connectivity index (χ2n) is 1.65. The van der Waals surface area contributed by atoms with Gasteiger partial charge in [-0.25, -0.2) is 0 Å². The summed E-state index contributed by atoms with van der Waals surface area (Å²) in [7, 11) is 0. The van der Waals surface area contributed by atoms with Crippen molar-refractivity contribution in [3.63, 3.8) is 0 Å². The van der Waals surface area contributed by atoms with Crippen molar-refractivity contribution < 1.29 is 73.6 Å². The maximum atomic E-state index is 2.08. The third-order valence-corrected chi connectivity index (χ3v) is 0.940. The van der Waals surface area contributed by atoms with E-state index in [1.165, 1.54) is 5.56 Å². The van der Waals surface area contributed by atoms with E-state index in [9.17, 15) is 0 Å². The molecule has 0 amide bonds. The molecule has 0 atom stereocenters. The molecule has 9 heavy (non-hydrogen) atoms. The quantitative estimate of drug-likeness (QED) is 0.436. The van der Waals surface area contributed by atoms with Gasteiger partial charge in [-0.2, -0.15) is 0 Å². The molecule has 0 unspecified atom stereocenters. The van der Waals surface area contributed by atoms with E-state index in [-0.39, 0.29) is 73.6 Å². The van der Waals surface area contributed by atoms with Crippen molar-refractivity contribution in [2.45, 2.75) is 6.92 Å². The maximum Gasteiger partial charge on any atom is 1.00 e. The molecule has 0 bridgehead atoms. The largest absolute Gasteiger partial charge is 1.00 e. The predicted molar refractivity (Wildman–Crippen MR) is 31.2 cm³/mol. The van der Waals surface area contributed by atoms with Gasteiger partial charge in [0.2, 0.25) is 0 Å². The van der Waals surface area contributed by atoms with Crippen molar-refractivity contribution in [1.29, 1.82) is 0 Å². The summed E-state index contributed by atoms with van der Waals surface area (Å²) in [6.07, 6.45) is 0. The van der Waals surface area contributed by atoms with Gasteiger partial charge in [-0.1, -0.05) is 35.9 Å². The van der Waals surface area contributed by atoms with Gasteiger partial charge in [0.05, 0.1) is 0 Å². The van der Waals surface area contributed by atoms with Gasteiger partial charge < -0.3 is 4.70 Å². The van der Waals surface area contributed by atoms with Crippen molar-refractivity contribution in [2.75, 3.05) is 0 Å². The van der Waals surface area contributed by atoms with Crippen molar-refractivity contribution in [2.24, 2.45) is 0 Å². The third kappa shape index (κ3) is 5.64. The Morgan fingerprint density at radius 3 is 1.67 bits per heavy atom. The SMILES string of the molecule is Cc1ccccc1.[Cs+].[F-]. The van der Waals surface area contributed by atoms with Crippen LogP contribution in [-0.2, 0) is 0 Å². The van der Waals surface area contributed by atoms with Gasteiger partial charge >= 0.3 is 68.9 Å². The molecule has 0 spiro atoms. The first-order chi connectivity index (χ1) is 3.39. The molecule has 2 heteroatoms. The monoisotopic (exact) mass is 244 g/mol. The molecule has 0 saturated carbocycles. The van der Waals surface area contributed by atoms with Crippen LogP contribution in [0.3, 0.4) is 0 Å². The Balaban J connectivity index is 0. The van der Waals surface area contributed by atoms with Crippen molar-refractivity contribution in [1.82, 2.24) is 0 Å². The molecule has 44 valence electrons. The zero-order valence-electron chi connectivity index (χ0n) is 5.76. The molecular weight excluding hydrogens is 236 g/mol. The molecule has 1 rings (SSSR count). The first-order valence-electron chi connectivity index (χ1n) is 2.41. The summed E-state index contributed by atoms with van der Waals surface area (Å²) >= 11 is 0. The van der Waals surface area contributed by atoms with Crippen LogP contribution in [0.5, 0.6) is 0 Å². The van der Waals surface area contributed by atoms with E-state index in [1.807, 2.05) is 18.2 Å². The summed E-state index contributed by atoms with van der Waals surface area (Å²) in [5, 5.41) is 0. The molecule has 0 aromatic heterocycles. The molecular formula is C7H8CsF. The molecule has 0 nitrogen and oxygen atoms in total. The molecule has 0 N–H and O–H groups in total. The number of aryl methyl sites for hydroxylation is 1. The Morgan fingerprint density at radius 2 is 1.44 bits per heavy atom. The van der Waals surface area contributed by atoms with Gasteiger partial charge in [0.1, 0.15) is 0 Å². The Labute approximate surface area is 114 Å². The molecule has 0 heterocycles. The van der Waals surface area contributed by atoms with Crippen molar-refractivity contribution in [3.8, 4) is 0 Å². The van der Waals surface area contributed by atoms with Crippen LogP contribution in [0.4, 0.5) is 0 Å². The number of benzene rings is 1. The zero-order valence-corrected chi connectivity index (χ0v) is 12.0. The predicted octanol–water partition coefficient (Wildman–Crippen LogP) is -4.00. The van der Waals surface area contributed by atoms with Crippen LogP contribution in [0.2, 0.25) is 0 Å². The van der Waals surface area contributed by atoms with E-state index >= 15 is 0 Å². The van der Waals surface area contributed by atoms with E-state index in [2.05, 4.69) is 19.1 Å². The van der Waals surface area contributed by atoms with Crippen LogP contribution in [-0.4, -0.2) is 0 Å². The number of rotatable bonds is 0. The maximum absolute atomic E-state index is 2.08. The summed E-state index contributed by atoms with van der Waals surface area (Å²) in [4.78, 5) is 0. The summed E-state index contributed by atoms with van der Waals surface area (Å²) in [5.74, 6) is 0. The molecule has 1 aromatic carbocycles. The summed E-state index contributed by atoms with van der Waals surface area (Å²) in [6, 6.07) is 10.3. The minimum absolute atomic E-state index is 0. The Bertz CT molecular complexity index is 139. The van der Waals surface area contributed by atoms with Crippen LogP contribution in [0.25, 0.3) is 0 Å². The van der Waals surface area contributed by atoms with Gasteiger partial charge in [0.25, 0.3) is 0 Å². The summed E-state index contributed by atoms with van der Waals surface area (Å²) < 4.78 is 0. The molecule has 0 aliphatic rings. The van der Waals surface area contributed by atoms with Gasteiger partial charge in [-0.05, 0) is 6.92 Å². The first-order valence-corrected chi connectivity index (χ1v) is 2.41. The number of hydrogen-bond acceptors (Lipinski definition) is 0. The third-order valence-electron chi connectivity index (χ3n) is 0.940. The van der Waals surface area contributed by atoms with Crippen LogP contribution < -0.4 is 73.6 Å². The van der Waals surface area contributed by atoms with Gasteiger partial charge in [-0.3, -0.25) is 0 Å². The fraction of sp³-hybridized carbons (Fsp3) is 0.143. The Hall–Kier alpha value is 1.20. The number of hydrogen-bond donors (Lipinski definition) is 0. The average Bonchev–Trinajstić information content (AvgIpc) is 1.69. The Morgan fingerprint density at radius 1 is 1.00 bits per heavy atom. The molecule has 0 saturated heterocycles. The topological polar surface area (TPSA) is 0 Å². The second-order valence-corrected chi connectivity index (χ2v) is 1.65. The van der Waals surface area contributed by atoms with E-state index in [0.717, 1.165) is 0 Å². The fourth-order valence-electron chi connectivity index (χ4n) is 0.534. The minimum Gasteiger partial charge on any atom is -1.00 e. The van der Waals surface area contributed by atoms with E-state index in [0.29, 0.717) is 0 Å². The molecule has 1 aromatic rings. The summed E-state index contributed by atoms with van der Waals surface area (Å²) in [6.45, 7) is 2.08. The van der Waals surface area contributed by atoms with E-state index in [4.69, 9.17) is 0 Å². The zero-order chi connectivity index (χ0) is 5.11. The standard InChI is InChI=1S/C7H8.Cs.FH/c1-7-5-3-2-4-6-7;;/h2-6H,1H3;;1H/q;+1;/p-1. The molecule has 0 fully saturated rings. The van der Waals surface area contributed by atoms with Crippen molar-refractivity contribution in [3.05, 3.63) is 35.9 Å². The smallest absolute Gasteiger partial charge is 1.00 e. The first kappa shape index (κ1) is 12.8.